The zero-order valence-electron chi connectivity index (χ0n) is 28.9. The van der Waals surface area contributed by atoms with Crippen LogP contribution in [0.5, 0.6) is 0 Å². The molecule has 14 nitrogen and oxygen atoms in total. The number of hydrogen-bond acceptors (Lipinski definition) is 12. The van der Waals surface area contributed by atoms with Crippen molar-refractivity contribution in [3.05, 3.63) is 127 Å². The summed E-state index contributed by atoms with van der Waals surface area (Å²) in [5, 5.41) is 32.8. The van der Waals surface area contributed by atoms with Crippen LogP contribution in [0.2, 0.25) is 25.1 Å². The van der Waals surface area contributed by atoms with Gasteiger partial charge in [-0.25, -0.2) is 29.3 Å². The summed E-state index contributed by atoms with van der Waals surface area (Å²) in [4.78, 5) is 23.0. The molecule has 0 bridgehead atoms. The molecule has 0 fully saturated rings. The van der Waals surface area contributed by atoms with Gasteiger partial charge in [-0.2, -0.15) is 20.7 Å². The highest BCUT2D eigenvalue weighted by Crippen LogP contribution is 2.25. The molecule has 0 saturated heterocycles. The molecule has 4 N–H and O–H groups in total. The zero-order valence-corrected chi connectivity index (χ0v) is 32.7. The van der Waals surface area contributed by atoms with Crippen LogP contribution in [0.3, 0.4) is 0 Å². The second-order valence-electron chi connectivity index (χ2n) is 11.0. The lowest BCUT2D eigenvalue weighted by atomic mass is 10.2. The van der Waals surface area contributed by atoms with Gasteiger partial charge in [-0.1, -0.05) is 58.0 Å². The van der Waals surface area contributed by atoms with E-state index >= 15 is 0 Å². The average molecular weight is 835 g/mol. The van der Waals surface area contributed by atoms with Gasteiger partial charge in [0.15, 0.2) is 0 Å². The van der Waals surface area contributed by atoms with Crippen LogP contribution in [-0.4, -0.2) is 63.1 Å². The number of aromatic nitrogens is 8. The first-order chi connectivity index (χ1) is 26.0. The molecule has 0 aliphatic rings. The molecule has 0 aliphatic heterocycles. The lowest BCUT2D eigenvalue weighted by Gasteiger charge is -2.09. The SMILES string of the molecule is Cc1nc(C)c(Cl)c(NCCc2cnn(-c3ccc(Cl)cc3Cl)c2)n1.Cc1ncnc(NCCc2cnn(-c3ccc(Cl)cc3)c2)c1Cl.OOC#COO. The highest BCUT2D eigenvalue weighted by molar-refractivity contribution is 6.36. The van der Waals surface area contributed by atoms with Crippen LogP contribution in [0.4, 0.5) is 11.6 Å². The second-order valence-corrected chi connectivity index (χ2v) is 13.1. The van der Waals surface area contributed by atoms with Gasteiger partial charge in [0.2, 0.25) is 12.2 Å². The van der Waals surface area contributed by atoms with E-state index in [2.05, 4.69) is 50.5 Å². The number of rotatable bonds is 10. The molecule has 0 atom stereocenters. The van der Waals surface area contributed by atoms with Gasteiger partial charge >= 0.3 is 0 Å². The Balaban J connectivity index is 0.000000210. The van der Waals surface area contributed by atoms with Crippen molar-refractivity contribution in [2.24, 2.45) is 0 Å². The summed E-state index contributed by atoms with van der Waals surface area (Å²) in [6.45, 7) is 6.94. The van der Waals surface area contributed by atoms with Crippen molar-refractivity contribution in [2.45, 2.75) is 33.6 Å². The Morgan fingerprint density at radius 2 is 1.26 bits per heavy atom. The predicted molar refractivity (Wildman–Crippen MR) is 210 cm³/mol. The third kappa shape index (κ3) is 12.6. The van der Waals surface area contributed by atoms with Crippen LogP contribution in [-0.2, 0) is 22.6 Å². The third-order valence-corrected chi connectivity index (χ3v) is 8.85. The van der Waals surface area contributed by atoms with Crippen LogP contribution in [0, 0.1) is 33.0 Å². The number of anilines is 2. The summed E-state index contributed by atoms with van der Waals surface area (Å²) >= 11 is 30.4. The fourth-order valence-electron chi connectivity index (χ4n) is 4.60. The van der Waals surface area contributed by atoms with E-state index in [9.17, 15) is 0 Å². The number of nitrogens with zero attached hydrogens (tertiary/aromatic N) is 8. The lowest BCUT2D eigenvalue weighted by molar-refractivity contribution is -0.188. The summed E-state index contributed by atoms with van der Waals surface area (Å²) < 4.78 is 3.56. The molecular formula is C35H33Cl5N10O4. The number of halogens is 5. The molecule has 0 radical (unpaired) electrons. The Kier molecular flexibility index (Phi) is 16.4. The largest absolute Gasteiger partial charge is 0.368 e. The van der Waals surface area contributed by atoms with Gasteiger partial charge in [-0.15, -0.1) is 0 Å². The lowest BCUT2D eigenvalue weighted by Crippen LogP contribution is -2.08. The predicted octanol–water partition coefficient (Wildman–Crippen LogP) is 8.71. The van der Waals surface area contributed by atoms with E-state index in [1.54, 1.807) is 16.8 Å². The van der Waals surface area contributed by atoms with Gasteiger partial charge in [-0.3, -0.25) is 9.78 Å². The quantitative estimate of drug-likeness (QED) is 0.0589. The van der Waals surface area contributed by atoms with Crippen molar-refractivity contribution in [3.8, 4) is 23.6 Å². The molecule has 4 aromatic heterocycles. The summed E-state index contributed by atoms with van der Waals surface area (Å²) in [7, 11) is 0. The molecule has 19 heteroatoms. The molecule has 0 unspecified atom stereocenters. The van der Waals surface area contributed by atoms with E-state index < -0.39 is 0 Å². The molecule has 0 spiro atoms. The molecule has 0 aliphatic carbocycles. The minimum Gasteiger partial charge on any atom is -0.368 e. The Hall–Kier alpha value is -4.85. The Labute approximate surface area is 335 Å². The Morgan fingerprint density at radius 3 is 1.89 bits per heavy atom. The highest BCUT2D eigenvalue weighted by atomic mass is 35.5. The van der Waals surface area contributed by atoms with Crippen LogP contribution in [0.25, 0.3) is 11.4 Å². The van der Waals surface area contributed by atoms with Gasteiger partial charge in [0.05, 0.1) is 40.2 Å². The normalized spacial score (nSPS) is 10.2. The van der Waals surface area contributed by atoms with Gasteiger partial charge in [0.25, 0.3) is 0 Å². The minimum absolute atomic E-state index is 0.550. The van der Waals surface area contributed by atoms with E-state index in [1.807, 2.05) is 80.6 Å². The molecular weight excluding hydrogens is 802 g/mol. The van der Waals surface area contributed by atoms with Gasteiger partial charge in [-0.05, 0) is 87.2 Å². The van der Waals surface area contributed by atoms with Crippen molar-refractivity contribution >= 4 is 69.6 Å². The molecule has 6 rings (SSSR count). The van der Waals surface area contributed by atoms with E-state index in [0.29, 0.717) is 55.7 Å². The van der Waals surface area contributed by atoms with Crippen molar-refractivity contribution in [2.75, 3.05) is 23.7 Å². The maximum atomic E-state index is 7.33. The van der Waals surface area contributed by atoms with E-state index in [-0.39, 0.29) is 0 Å². The highest BCUT2D eigenvalue weighted by Gasteiger charge is 2.10. The standard InChI is InChI=1S/C17H16Cl3N5.C16H15Cl2N5.C2H2O4/c1-10-16(20)17(24-11(2)23-10)21-6-5-12-8-22-25(9-12)15-4-3-13(18)7-14(15)19;1-11-15(18)16(21-10-20-11)19-7-6-12-8-22-23(9-12)14-4-2-13(17)3-5-14;3-5-1-2-6-4/h3-4,7-9H,5-6H2,1-2H3,(H,21,23,24);2-5,8-10H,6-7H2,1H3,(H,19,20,21);3-4H. The van der Waals surface area contributed by atoms with Crippen molar-refractivity contribution < 1.29 is 20.3 Å². The van der Waals surface area contributed by atoms with Crippen molar-refractivity contribution in [1.29, 1.82) is 0 Å². The van der Waals surface area contributed by atoms with E-state index in [0.717, 1.165) is 46.7 Å². The molecule has 282 valence electrons. The van der Waals surface area contributed by atoms with Gasteiger partial charge < -0.3 is 10.6 Å². The van der Waals surface area contributed by atoms with Gasteiger partial charge in [0.1, 0.15) is 33.8 Å². The van der Waals surface area contributed by atoms with E-state index in [1.165, 1.54) is 18.5 Å². The molecule has 6 aromatic rings. The van der Waals surface area contributed by atoms with Crippen molar-refractivity contribution in [1.82, 2.24) is 39.5 Å². The van der Waals surface area contributed by atoms with Crippen LogP contribution >= 0.6 is 58.0 Å². The Morgan fingerprint density at radius 1 is 0.685 bits per heavy atom. The molecule has 2 aromatic carbocycles. The summed E-state index contributed by atoms with van der Waals surface area (Å²) in [5.41, 5.74) is 5.48. The number of nitrogens with one attached hydrogen (secondary N) is 2. The van der Waals surface area contributed by atoms with Gasteiger partial charge in [0, 0.05) is 35.5 Å². The average Bonchev–Trinajstić information content (AvgIpc) is 3.82. The third-order valence-electron chi connectivity index (χ3n) is 7.16. The molecule has 4 heterocycles. The van der Waals surface area contributed by atoms with Crippen LogP contribution < -0.4 is 10.6 Å². The second kappa shape index (κ2) is 21.1. The molecule has 54 heavy (non-hydrogen) atoms. The fourth-order valence-corrected chi connectivity index (χ4v) is 5.53. The number of aryl methyl sites for hydroxylation is 3. The van der Waals surface area contributed by atoms with Crippen LogP contribution in [0.1, 0.15) is 28.3 Å². The fraction of sp³-hybridized carbons (Fsp3) is 0.200. The smallest absolute Gasteiger partial charge is 0.204 e. The monoisotopic (exact) mass is 832 g/mol. The first kappa shape index (κ1) is 41.9. The summed E-state index contributed by atoms with van der Waals surface area (Å²) in [6, 6.07) is 12.9. The van der Waals surface area contributed by atoms with Crippen LogP contribution in [0.15, 0.2) is 73.6 Å². The Bertz CT molecular complexity index is 2180. The summed E-state index contributed by atoms with van der Waals surface area (Å²) in [6.07, 6.45) is 13.7. The minimum atomic E-state index is 0.550. The van der Waals surface area contributed by atoms with E-state index in [4.69, 9.17) is 68.5 Å². The number of hydrogen-bond donors (Lipinski definition) is 4. The maximum absolute atomic E-state index is 7.33. The first-order valence-electron chi connectivity index (χ1n) is 15.8. The topological polar surface area (TPSA) is 170 Å². The maximum Gasteiger partial charge on any atom is 0.204 e. The number of benzene rings is 2. The van der Waals surface area contributed by atoms with Crippen molar-refractivity contribution in [3.63, 3.8) is 0 Å². The molecule has 0 amide bonds. The zero-order chi connectivity index (χ0) is 39.0. The summed E-state index contributed by atoms with van der Waals surface area (Å²) in [5.74, 6) is 2.00. The first-order valence-corrected chi connectivity index (χ1v) is 17.7. The molecule has 0 saturated carbocycles.